The molecule has 0 aliphatic heterocycles. The van der Waals surface area contributed by atoms with Gasteiger partial charge in [0.1, 0.15) is 0 Å². The Labute approximate surface area is 181 Å². The molecule has 0 spiro atoms. The van der Waals surface area contributed by atoms with Crippen molar-refractivity contribution in [1.82, 2.24) is 9.71 Å². The molecule has 1 heterocycles. The minimum atomic E-state index is -3.79. The summed E-state index contributed by atoms with van der Waals surface area (Å²) in [6.07, 6.45) is -0.190. The van der Waals surface area contributed by atoms with Crippen LogP contribution in [-0.4, -0.2) is 38.4 Å². The number of hydrogen-bond donors (Lipinski definition) is 2. The minimum Gasteiger partial charge on any atom is -0.456 e. The fraction of sp³-hybridized carbons (Fsp3) is 0.450. The van der Waals surface area contributed by atoms with Crippen LogP contribution >= 0.6 is 11.3 Å². The highest BCUT2D eigenvalue weighted by Crippen LogP contribution is 2.29. The van der Waals surface area contributed by atoms with E-state index in [-0.39, 0.29) is 17.9 Å². The Bertz CT molecular complexity index is 1050. The first-order chi connectivity index (χ1) is 13.9. The largest absolute Gasteiger partial charge is 0.456 e. The third-order valence-electron chi connectivity index (χ3n) is 5.05. The first-order valence-electron chi connectivity index (χ1n) is 9.38. The van der Waals surface area contributed by atoms with E-state index in [2.05, 4.69) is 15.0 Å². The Hall–Kier alpha value is -2.30. The molecule has 0 aliphatic carbocycles. The second-order valence-corrected chi connectivity index (χ2v) is 9.67. The number of rotatable bonds is 8. The SMILES string of the molecule is Cc1csc(NC(=O)COC(=O)CCNS(=O)(=O)c2c(C)c(C)c(C)c(C)c2C)n1. The van der Waals surface area contributed by atoms with Gasteiger partial charge in [0.05, 0.1) is 17.0 Å². The quantitative estimate of drug-likeness (QED) is 0.594. The Morgan fingerprint density at radius 2 is 1.57 bits per heavy atom. The third-order valence-corrected chi connectivity index (χ3v) is 7.66. The van der Waals surface area contributed by atoms with Gasteiger partial charge in [0, 0.05) is 11.9 Å². The lowest BCUT2D eigenvalue weighted by atomic mass is 9.95. The maximum absolute atomic E-state index is 12.8. The van der Waals surface area contributed by atoms with Gasteiger partial charge < -0.3 is 4.74 Å². The number of nitrogens with zero attached hydrogens (tertiary/aromatic N) is 1. The summed E-state index contributed by atoms with van der Waals surface area (Å²) in [4.78, 5) is 28.0. The van der Waals surface area contributed by atoms with Crippen molar-refractivity contribution in [2.75, 3.05) is 18.5 Å². The van der Waals surface area contributed by atoms with Crippen molar-refractivity contribution in [2.24, 2.45) is 0 Å². The zero-order valence-corrected chi connectivity index (χ0v) is 19.6. The van der Waals surface area contributed by atoms with Gasteiger partial charge in [-0.25, -0.2) is 18.1 Å². The average molecular weight is 454 g/mol. The molecule has 0 aliphatic rings. The van der Waals surface area contributed by atoms with Crippen molar-refractivity contribution in [3.63, 3.8) is 0 Å². The first-order valence-corrected chi connectivity index (χ1v) is 11.7. The van der Waals surface area contributed by atoms with Gasteiger partial charge in [-0.2, -0.15) is 0 Å². The highest BCUT2D eigenvalue weighted by atomic mass is 32.2. The van der Waals surface area contributed by atoms with Crippen molar-refractivity contribution >= 4 is 38.4 Å². The van der Waals surface area contributed by atoms with Crippen LogP contribution in [0.2, 0.25) is 0 Å². The van der Waals surface area contributed by atoms with Crippen LogP contribution in [0.4, 0.5) is 5.13 Å². The number of benzene rings is 1. The summed E-state index contributed by atoms with van der Waals surface area (Å²) < 4.78 is 33.0. The molecule has 10 heteroatoms. The smallest absolute Gasteiger partial charge is 0.307 e. The first kappa shape index (κ1) is 24.0. The number of esters is 1. The molecule has 0 atom stereocenters. The summed E-state index contributed by atoms with van der Waals surface area (Å²) >= 11 is 1.27. The van der Waals surface area contributed by atoms with Crippen molar-refractivity contribution in [1.29, 1.82) is 0 Å². The number of thiazole rings is 1. The second-order valence-electron chi connectivity index (χ2n) is 7.10. The summed E-state index contributed by atoms with van der Waals surface area (Å²) in [6, 6.07) is 0. The molecule has 0 saturated heterocycles. The summed E-state index contributed by atoms with van der Waals surface area (Å²) in [7, 11) is -3.79. The number of amides is 1. The Balaban J connectivity index is 1.90. The summed E-state index contributed by atoms with van der Waals surface area (Å²) in [5.74, 6) is -1.18. The molecule has 1 aromatic carbocycles. The van der Waals surface area contributed by atoms with E-state index in [0.717, 1.165) is 22.4 Å². The van der Waals surface area contributed by atoms with E-state index in [4.69, 9.17) is 4.74 Å². The monoisotopic (exact) mass is 453 g/mol. The maximum atomic E-state index is 12.8. The zero-order chi connectivity index (χ0) is 22.6. The van der Waals surface area contributed by atoms with Crippen LogP contribution in [-0.2, 0) is 24.3 Å². The molecule has 164 valence electrons. The zero-order valence-electron chi connectivity index (χ0n) is 18.0. The number of aryl methyl sites for hydroxylation is 1. The predicted molar refractivity (Wildman–Crippen MR) is 116 cm³/mol. The van der Waals surface area contributed by atoms with Gasteiger partial charge in [-0.1, -0.05) is 0 Å². The number of hydrogen-bond acceptors (Lipinski definition) is 7. The van der Waals surface area contributed by atoms with Crippen LogP contribution in [0, 0.1) is 41.5 Å². The van der Waals surface area contributed by atoms with Gasteiger partial charge in [0.15, 0.2) is 11.7 Å². The Morgan fingerprint density at radius 1 is 1.00 bits per heavy atom. The van der Waals surface area contributed by atoms with E-state index in [1.807, 2.05) is 20.8 Å². The fourth-order valence-corrected chi connectivity index (χ4v) is 5.35. The molecule has 0 fully saturated rings. The average Bonchev–Trinajstić information content (AvgIpc) is 3.07. The van der Waals surface area contributed by atoms with Crippen molar-refractivity contribution in [3.8, 4) is 0 Å². The molecule has 1 aromatic heterocycles. The number of carbonyl (C=O) groups is 2. The van der Waals surface area contributed by atoms with Crippen LogP contribution in [0.5, 0.6) is 0 Å². The highest BCUT2D eigenvalue weighted by molar-refractivity contribution is 7.89. The van der Waals surface area contributed by atoms with Gasteiger partial charge >= 0.3 is 5.97 Å². The molecule has 1 amide bonds. The minimum absolute atomic E-state index is 0.126. The molecule has 0 radical (unpaired) electrons. The molecule has 2 N–H and O–H groups in total. The van der Waals surface area contributed by atoms with Crippen molar-refractivity contribution in [3.05, 3.63) is 38.9 Å². The molecule has 0 saturated carbocycles. The fourth-order valence-electron chi connectivity index (χ4n) is 3.01. The van der Waals surface area contributed by atoms with Gasteiger partial charge in [-0.3, -0.25) is 14.9 Å². The van der Waals surface area contributed by atoms with E-state index < -0.39 is 28.5 Å². The van der Waals surface area contributed by atoms with Crippen LogP contribution in [0.3, 0.4) is 0 Å². The lowest BCUT2D eigenvalue weighted by Crippen LogP contribution is -2.29. The molecular formula is C20H27N3O5S2. The van der Waals surface area contributed by atoms with Crippen LogP contribution in [0.25, 0.3) is 0 Å². The Morgan fingerprint density at radius 3 is 2.10 bits per heavy atom. The highest BCUT2D eigenvalue weighted by Gasteiger charge is 2.23. The topological polar surface area (TPSA) is 114 Å². The molecule has 0 bridgehead atoms. The van der Waals surface area contributed by atoms with E-state index in [9.17, 15) is 18.0 Å². The number of aromatic nitrogens is 1. The molecule has 8 nitrogen and oxygen atoms in total. The van der Waals surface area contributed by atoms with Gasteiger partial charge in [0.2, 0.25) is 10.0 Å². The van der Waals surface area contributed by atoms with E-state index in [1.165, 1.54) is 11.3 Å². The maximum Gasteiger partial charge on any atom is 0.307 e. The number of ether oxygens (including phenoxy) is 1. The van der Waals surface area contributed by atoms with E-state index >= 15 is 0 Å². The van der Waals surface area contributed by atoms with E-state index in [1.54, 1.807) is 26.2 Å². The van der Waals surface area contributed by atoms with Crippen LogP contribution < -0.4 is 10.0 Å². The molecule has 2 rings (SSSR count). The Kier molecular flexibility index (Phi) is 7.73. The third kappa shape index (κ3) is 5.65. The van der Waals surface area contributed by atoms with Gasteiger partial charge in [0.25, 0.3) is 5.91 Å². The normalized spacial score (nSPS) is 11.4. The lowest BCUT2D eigenvalue weighted by Gasteiger charge is -2.19. The number of sulfonamides is 1. The molecular weight excluding hydrogens is 426 g/mol. The second kappa shape index (κ2) is 9.67. The predicted octanol–water partition coefficient (Wildman–Crippen LogP) is 2.84. The molecule has 0 unspecified atom stereocenters. The van der Waals surface area contributed by atoms with Gasteiger partial charge in [-0.05, 0) is 69.4 Å². The summed E-state index contributed by atoms with van der Waals surface area (Å²) in [6.45, 7) is 10.5. The van der Waals surface area contributed by atoms with E-state index in [0.29, 0.717) is 16.3 Å². The summed E-state index contributed by atoms with van der Waals surface area (Å²) in [5, 5.41) is 4.74. The lowest BCUT2D eigenvalue weighted by molar-refractivity contribution is -0.147. The molecule has 2 aromatic rings. The summed E-state index contributed by atoms with van der Waals surface area (Å²) in [5.41, 5.74) is 5.10. The van der Waals surface area contributed by atoms with Crippen LogP contribution in [0.15, 0.2) is 10.3 Å². The standard InChI is InChI=1S/C20H27N3O5S2/c1-11-10-29-20(22-11)23-17(24)9-28-18(25)7-8-21-30(26,27)19-15(5)13(3)12(2)14(4)16(19)6/h10,21H,7-9H2,1-6H3,(H,22,23,24). The number of anilines is 1. The van der Waals surface area contributed by atoms with Crippen LogP contribution in [0.1, 0.15) is 39.9 Å². The number of nitrogens with one attached hydrogen (secondary N) is 2. The van der Waals surface area contributed by atoms with Crippen molar-refractivity contribution in [2.45, 2.75) is 52.9 Å². The molecule has 30 heavy (non-hydrogen) atoms. The van der Waals surface area contributed by atoms with Crippen molar-refractivity contribution < 1.29 is 22.7 Å². The number of carbonyl (C=O) groups excluding carboxylic acids is 2. The van der Waals surface area contributed by atoms with Gasteiger partial charge in [-0.15, -0.1) is 11.3 Å².